The summed E-state index contributed by atoms with van der Waals surface area (Å²) < 4.78 is 5.11. The second-order valence-corrected chi connectivity index (χ2v) is 2.96. The zero-order chi connectivity index (χ0) is 10.6. The van der Waals surface area contributed by atoms with Crippen LogP contribution in [0.4, 0.5) is 0 Å². The molecule has 1 atom stereocenters. The van der Waals surface area contributed by atoms with Gasteiger partial charge in [0.15, 0.2) is 6.29 Å². The molecule has 0 aromatic carbocycles. The van der Waals surface area contributed by atoms with Gasteiger partial charge < -0.3 is 10.5 Å². The molecule has 1 aromatic heterocycles. The van der Waals surface area contributed by atoms with Gasteiger partial charge in [-0.1, -0.05) is 6.92 Å². The number of aldehydes is 1. The number of methoxy groups -OCH3 is 1. The highest BCUT2D eigenvalue weighted by Gasteiger charge is 2.12. The molecule has 0 saturated heterocycles. The third-order valence-electron chi connectivity index (χ3n) is 2.04. The van der Waals surface area contributed by atoms with Crippen LogP contribution in [0, 0.1) is 0 Å². The first-order valence-electron chi connectivity index (χ1n) is 4.48. The fraction of sp³-hybridized carbons (Fsp3) is 0.400. The van der Waals surface area contributed by atoms with Crippen molar-refractivity contribution < 1.29 is 9.53 Å². The van der Waals surface area contributed by atoms with Gasteiger partial charge in [-0.25, -0.2) is 4.98 Å². The predicted octanol–water partition coefficient (Wildman–Crippen LogP) is 1.31. The normalized spacial score (nSPS) is 12.2. The van der Waals surface area contributed by atoms with E-state index in [1.165, 1.54) is 0 Å². The van der Waals surface area contributed by atoms with Crippen LogP contribution in [0.5, 0.6) is 5.75 Å². The number of hydrogen-bond donors (Lipinski definition) is 1. The van der Waals surface area contributed by atoms with E-state index in [-0.39, 0.29) is 6.04 Å². The maximum atomic E-state index is 10.5. The van der Waals surface area contributed by atoms with Crippen molar-refractivity contribution in [3.8, 4) is 5.75 Å². The van der Waals surface area contributed by atoms with E-state index in [4.69, 9.17) is 10.5 Å². The Balaban J connectivity index is 3.14. The molecule has 1 rings (SSSR count). The molecule has 14 heavy (non-hydrogen) atoms. The Hall–Kier alpha value is -1.42. The van der Waals surface area contributed by atoms with Gasteiger partial charge in [0.25, 0.3) is 0 Å². The summed E-state index contributed by atoms with van der Waals surface area (Å²) in [6.07, 6.45) is 1.46. The van der Waals surface area contributed by atoms with E-state index in [9.17, 15) is 4.79 Å². The van der Waals surface area contributed by atoms with Crippen LogP contribution < -0.4 is 10.5 Å². The standard InChI is InChI=1S/C10H14N2O2/c1-3-8(11)10-9(14-2)5-4-7(6-13)12-10/h4-6,8H,3,11H2,1-2H3/t8-/m0/s1. The van der Waals surface area contributed by atoms with Gasteiger partial charge in [-0.2, -0.15) is 0 Å². The van der Waals surface area contributed by atoms with Crippen LogP contribution in [0.25, 0.3) is 0 Å². The molecule has 0 radical (unpaired) electrons. The number of nitrogens with two attached hydrogens (primary N) is 1. The molecule has 76 valence electrons. The Morgan fingerprint density at radius 3 is 2.86 bits per heavy atom. The third-order valence-corrected chi connectivity index (χ3v) is 2.04. The van der Waals surface area contributed by atoms with Crippen LogP contribution in [0.2, 0.25) is 0 Å². The molecule has 0 unspecified atom stereocenters. The lowest BCUT2D eigenvalue weighted by atomic mass is 10.1. The summed E-state index contributed by atoms with van der Waals surface area (Å²) in [5, 5.41) is 0. The number of nitrogens with zero attached hydrogens (tertiary/aromatic N) is 1. The smallest absolute Gasteiger partial charge is 0.168 e. The molecule has 4 heteroatoms. The quantitative estimate of drug-likeness (QED) is 0.734. The average molecular weight is 194 g/mol. The van der Waals surface area contributed by atoms with Gasteiger partial charge in [0, 0.05) is 0 Å². The molecule has 2 N–H and O–H groups in total. The minimum Gasteiger partial charge on any atom is -0.495 e. The zero-order valence-corrected chi connectivity index (χ0v) is 8.36. The van der Waals surface area contributed by atoms with Crippen molar-refractivity contribution in [1.29, 1.82) is 0 Å². The van der Waals surface area contributed by atoms with Crippen molar-refractivity contribution in [3.05, 3.63) is 23.5 Å². The fourth-order valence-electron chi connectivity index (χ4n) is 1.18. The highest BCUT2D eigenvalue weighted by molar-refractivity contribution is 5.72. The monoisotopic (exact) mass is 194 g/mol. The van der Waals surface area contributed by atoms with Crippen molar-refractivity contribution in [1.82, 2.24) is 4.98 Å². The van der Waals surface area contributed by atoms with Crippen molar-refractivity contribution in [3.63, 3.8) is 0 Å². The highest BCUT2D eigenvalue weighted by atomic mass is 16.5. The maximum absolute atomic E-state index is 10.5. The first-order valence-corrected chi connectivity index (χ1v) is 4.48. The van der Waals surface area contributed by atoms with Crippen molar-refractivity contribution in [2.24, 2.45) is 5.73 Å². The van der Waals surface area contributed by atoms with Crippen LogP contribution in [0.3, 0.4) is 0 Å². The Morgan fingerprint density at radius 2 is 2.36 bits per heavy atom. The van der Waals surface area contributed by atoms with Gasteiger partial charge >= 0.3 is 0 Å². The van der Waals surface area contributed by atoms with Crippen molar-refractivity contribution in [2.45, 2.75) is 19.4 Å². The molecule has 1 heterocycles. The second kappa shape index (κ2) is 4.72. The molecule has 0 aliphatic rings. The molecule has 1 aromatic rings. The van der Waals surface area contributed by atoms with Gasteiger partial charge in [-0.3, -0.25) is 4.79 Å². The Morgan fingerprint density at radius 1 is 1.64 bits per heavy atom. The van der Waals surface area contributed by atoms with E-state index in [1.54, 1.807) is 19.2 Å². The van der Waals surface area contributed by atoms with Gasteiger partial charge in [-0.05, 0) is 18.6 Å². The highest BCUT2D eigenvalue weighted by Crippen LogP contribution is 2.23. The van der Waals surface area contributed by atoms with Crippen molar-refractivity contribution >= 4 is 6.29 Å². The summed E-state index contributed by atoms with van der Waals surface area (Å²) in [6.45, 7) is 1.96. The van der Waals surface area contributed by atoms with Gasteiger partial charge in [0.05, 0.1) is 18.8 Å². The summed E-state index contributed by atoms with van der Waals surface area (Å²) in [5.41, 5.74) is 6.85. The van der Waals surface area contributed by atoms with Gasteiger partial charge in [-0.15, -0.1) is 0 Å². The molecule has 0 saturated carbocycles. The van der Waals surface area contributed by atoms with E-state index in [1.807, 2.05) is 6.92 Å². The second-order valence-electron chi connectivity index (χ2n) is 2.96. The van der Waals surface area contributed by atoms with E-state index in [2.05, 4.69) is 4.98 Å². The topological polar surface area (TPSA) is 65.2 Å². The van der Waals surface area contributed by atoms with E-state index < -0.39 is 0 Å². The Labute approximate surface area is 83.1 Å². The number of carbonyl (C=O) groups excluding carboxylic acids is 1. The number of aromatic nitrogens is 1. The lowest BCUT2D eigenvalue weighted by Gasteiger charge is -2.12. The van der Waals surface area contributed by atoms with Gasteiger partial charge in [0.1, 0.15) is 11.4 Å². The van der Waals surface area contributed by atoms with Crippen LogP contribution in [-0.4, -0.2) is 18.4 Å². The SMILES string of the molecule is CC[C@H](N)c1nc(C=O)ccc1OC. The molecule has 4 nitrogen and oxygen atoms in total. The summed E-state index contributed by atoms with van der Waals surface area (Å²) in [7, 11) is 1.56. The van der Waals surface area contributed by atoms with E-state index in [0.29, 0.717) is 23.4 Å². The van der Waals surface area contributed by atoms with Gasteiger partial charge in [0.2, 0.25) is 0 Å². The van der Waals surface area contributed by atoms with E-state index in [0.717, 1.165) is 6.42 Å². The number of hydrogen-bond acceptors (Lipinski definition) is 4. The van der Waals surface area contributed by atoms with Crippen LogP contribution >= 0.6 is 0 Å². The maximum Gasteiger partial charge on any atom is 0.168 e. The minimum absolute atomic E-state index is 0.190. The number of carbonyl (C=O) groups is 1. The number of ether oxygens (including phenoxy) is 1. The minimum atomic E-state index is -0.190. The summed E-state index contributed by atoms with van der Waals surface area (Å²) in [5.74, 6) is 0.630. The third kappa shape index (κ3) is 2.09. The van der Waals surface area contributed by atoms with Crippen LogP contribution in [-0.2, 0) is 0 Å². The molecule has 0 amide bonds. The van der Waals surface area contributed by atoms with Crippen molar-refractivity contribution in [2.75, 3.05) is 7.11 Å². The number of pyridine rings is 1. The summed E-state index contributed by atoms with van der Waals surface area (Å²) >= 11 is 0. The number of rotatable bonds is 4. The average Bonchev–Trinajstić information content (AvgIpc) is 2.27. The van der Waals surface area contributed by atoms with E-state index >= 15 is 0 Å². The Bertz CT molecular complexity index is 326. The predicted molar refractivity (Wildman–Crippen MR) is 53.4 cm³/mol. The summed E-state index contributed by atoms with van der Waals surface area (Å²) in [6, 6.07) is 3.13. The molecular weight excluding hydrogens is 180 g/mol. The Kier molecular flexibility index (Phi) is 3.59. The van der Waals surface area contributed by atoms with Crippen LogP contribution in [0.15, 0.2) is 12.1 Å². The van der Waals surface area contributed by atoms with Crippen LogP contribution in [0.1, 0.15) is 35.6 Å². The molecule has 0 spiro atoms. The largest absolute Gasteiger partial charge is 0.495 e. The molecule has 0 fully saturated rings. The lowest BCUT2D eigenvalue weighted by molar-refractivity contribution is 0.111. The first kappa shape index (κ1) is 10.7. The zero-order valence-electron chi connectivity index (χ0n) is 8.36. The lowest BCUT2D eigenvalue weighted by Crippen LogP contribution is -2.13. The molecule has 0 aliphatic heterocycles. The fourth-order valence-corrected chi connectivity index (χ4v) is 1.18. The molecule has 0 bridgehead atoms. The summed E-state index contributed by atoms with van der Waals surface area (Å²) in [4.78, 5) is 14.6. The molecule has 0 aliphatic carbocycles. The molecular formula is C10H14N2O2. The first-order chi connectivity index (χ1) is 6.72.